The second-order valence-electron chi connectivity index (χ2n) is 4.47. The van der Waals surface area contributed by atoms with Crippen molar-refractivity contribution in [3.05, 3.63) is 54.1 Å². The van der Waals surface area contributed by atoms with E-state index in [0.29, 0.717) is 13.0 Å². The van der Waals surface area contributed by atoms with Crippen LogP contribution in [0.2, 0.25) is 0 Å². The molecule has 1 aromatic heterocycles. The molecular formula is C14H20Cl2N4O. The molecule has 0 aliphatic heterocycles. The van der Waals surface area contributed by atoms with Crippen molar-refractivity contribution in [1.29, 1.82) is 0 Å². The molecule has 0 fully saturated rings. The summed E-state index contributed by atoms with van der Waals surface area (Å²) in [6.07, 6.45) is 4.07. The average molecular weight is 331 g/mol. The summed E-state index contributed by atoms with van der Waals surface area (Å²) in [5, 5.41) is 2.80. The summed E-state index contributed by atoms with van der Waals surface area (Å²) in [6.45, 7) is 0.394. The molecule has 2 aromatic rings. The molecule has 0 spiro atoms. The zero-order valence-electron chi connectivity index (χ0n) is 11.7. The first kappa shape index (κ1) is 19.4. The molecule has 3 N–H and O–H groups in total. The van der Waals surface area contributed by atoms with Gasteiger partial charge in [0, 0.05) is 19.4 Å². The highest BCUT2D eigenvalue weighted by Crippen LogP contribution is 2.02. The number of halogens is 2. The standard InChI is InChI=1S/C14H18N4O.2ClH/c1-18-8-7-16-13(18)10-17-14(19)12(15)9-11-5-3-2-4-6-11;;/h2-8,12H,9-10,15H2,1H3,(H,17,19);2*1H/t12-;;/m0../s1. The number of nitrogens with zero attached hydrogens (tertiary/aromatic N) is 2. The number of imidazole rings is 1. The third-order valence-corrected chi connectivity index (χ3v) is 2.98. The predicted octanol–water partition coefficient (Wildman–Crippen LogP) is 1.45. The average Bonchev–Trinajstić information content (AvgIpc) is 2.82. The smallest absolute Gasteiger partial charge is 0.237 e. The number of rotatable bonds is 5. The number of carbonyl (C=O) groups is 1. The number of nitrogens with one attached hydrogen (secondary N) is 1. The minimum absolute atomic E-state index is 0. The second-order valence-corrected chi connectivity index (χ2v) is 4.47. The number of carbonyl (C=O) groups excluding carboxylic acids is 1. The van der Waals surface area contributed by atoms with E-state index in [2.05, 4.69) is 10.3 Å². The van der Waals surface area contributed by atoms with Crippen molar-refractivity contribution in [2.45, 2.75) is 19.0 Å². The first-order valence-electron chi connectivity index (χ1n) is 6.20. The molecule has 1 atom stereocenters. The number of aryl methyl sites for hydroxylation is 1. The summed E-state index contributed by atoms with van der Waals surface area (Å²) in [7, 11) is 1.89. The molecule has 116 valence electrons. The van der Waals surface area contributed by atoms with Gasteiger partial charge >= 0.3 is 0 Å². The maximum absolute atomic E-state index is 11.9. The number of benzene rings is 1. The number of hydrogen-bond donors (Lipinski definition) is 2. The zero-order chi connectivity index (χ0) is 13.7. The van der Waals surface area contributed by atoms with Gasteiger partial charge in [0.2, 0.25) is 5.91 Å². The van der Waals surface area contributed by atoms with Gasteiger partial charge in [-0.1, -0.05) is 30.3 Å². The van der Waals surface area contributed by atoms with E-state index in [9.17, 15) is 4.79 Å². The van der Waals surface area contributed by atoms with Crippen molar-refractivity contribution in [2.75, 3.05) is 0 Å². The molecule has 0 aliphatic rings. The first-order valence-corrected chi connectivity index (χ1v) is 6.20. The van der Waals surface area contributed by atoms with E-state index in [4.69, 9.17) is 5.73 Å². The van der Waals surface area contributed by atoms with E-state index in [-0.39, 0.29) is 30.7 Å². The Balaban J connectivity index is 0.00000200. The second kappa shape index (κ2) is 9.39. The minimum atomic E-state index is -0.539. The van der Waals surface area contributed by atoms with E-state index in [1.54, 1.807) is 6.20 Å². The van der Waals surface area contributed by atoms with Crippen molar-refractivity contribution in [3.63, 3.8) is 0 Å². The highest BCUT2D eigenvalue weighted by atomic mass is 35.5. The SMILES string of the molecule is Cl.Cl.Cn1ccnc1CNC(=O)[C@@H](N)Cc1ccccc1. The molecule has 0 unspecified atom stereocenters. The maximum atomic E-state index is 11.9. The Labute approximate surface area is 136 Å². The quantitative estimate of drug-likeness (QED) is 0.871. The molecular weight excluding hydrogens is 311 g/mol. The summed E-state index contributed by atoms with van der Waals surface area (Å²) >= 11 is 0. The summed E-state index contributed by atoms with van der Waals surface area (Å²) in [5.41, 5.74) is 6.95. The highest BCUT2D eigenvalue weighted by Gasteiger charge is 2.14. The lowest BCUT2D eigenvalue weighted by molar-refractivity contribution is -0.122. The molecule has 2 rings (SSSR count). The van der Waals surface area contributed by atoms with Crippen molar-refractivity contribution in [1.82, 2.24) is 14.9 Å². The van der Waals surface area contributed by atoms with Crippen LogP contribution in [0, 0.1) is 0 Å². The fourth-order valence-electron chi connectivity index (χ4n) is 1.82. The van der Waals surface area contributed by atoms with Crippen molar-refractivity contribution in [3.8, 4) is 0 Å². The van der Waals surface area contributed by atoms with Gasteiger partial charge in [-0.25, -0.2) is 4.98 Å². The van der Waals surface area contributed by atoms with Gasteiger partial charge in [-0.15, -0.1) is 24.8 Å². The van der Waals surface area contributed by atoms with E-state index >= 15 is 0 Å². The Bertz CT molecular complexity index is 545. The summed E-state index contributed by atoms with van der Waals surface area (Å²) in [5.74, 6) is 0.645. The summed E-state index contributed by atoms with van der Waals surface area (Å²) < 4.78 is 1.86. The van der Waals surface area contributed by atoms with Gasteiger partial charge in [0.15, 0.2) is 0 Å². The van der Waals surface area contributed by atoms with Crippen LogP contribution in [-0.2, 0) is 24.8 Å². The summed E-state index contributed by atoms with van der Waals surface area (Å²) in [4.78, 5) is 16.0. The number of nitrogens with two attached hydrogens (primary N) is 1. The molecule has 1 amide bonds. The van der Waals surface area contributed by atoms with Crippen molar-refractivity contribution >= 4 is 30.7 Å². The third-order valence-electron chi connectivity index (χ3n) is 2.98. The van der Waals surface area contributed by atoms with Crippen molar-refractivity contribution in [2.24, 2.45) is 12.8 Å². The van der Waals surface area contributed by atoms with E-state index in [1.165, 1.54) is 0 Å². The lowest BCUT2D eigenvalue weighted by Crippen LogP contribution is -2.42. The van der Waals surface area contributed by atoms with Gasteiger partial charge in [-0.3, -0.25) is 4.79 Å². The van der Waals surface area contributed by atoms with Crippen LogP contribution in [0.3, 0.4) is 0 Å². The Morgan fingerprint density at radius 3 is 2.57 bits per heavy atom. The molecule has 21 heavy (non-hydrogen) atoms. The molecule has 1 heterocycles. The minimum Gasteiger partial charge on any atom is -0.348 e. The van der Waals surface area contributed by atoms with Gasteiger partial charge in [-0.2, -0.15) is 0 Å². The van der Waals surface area contributed by atoms with Gasteiger partial charge < -0.3 is 15.6 Å². The largest absolute Gasteiger partial charge is 0.348 e. The number of aromatic nitrogens is 2. The molecule has 5 nitrogen and oxygen atoms in total. The number of amides is 1. The lowest BCUT2D eigenvalue weighted by Gasteiger charge is -2.12. The van der Waals surface area contributed by atoms with Gasteiger partial charge in [0.05, 0.1) is 12.6 Å². The molecule has 0 aliphatic carbocycles. The van der Waals surface area contributed by atoms with E-state index in [0.717, 1.165) is 11.4 Å². The first-order chi connectivity index (χ1) is 9.16. The molecule has 0 saturated heterocycles. The molecule has 0 radical (unpaired) electrons. The zero-order valence-corrected chi connectivity index (χ0v) is 13.4. The summed E-state index contributed by atoms with van der Waals surface area (Å²) in [6, 6.07) is 9.21. The van der Waals surface area contributed by atoms with Crippen LogP contribution >= 0.6 is 24.8 Å². The van der Waals surface area contributed by atoms with Gasteiger partial charge in [-0.05, 0) is 12.0 Å². The Kier molecular flexibility index (Phi) is 8.69. The maximum Gasteiger partial charge on any atom is 0.237 e. The third kappa shape index (κ3) is 5.75. The fraction of sp³-hybridized carbons (Fsp3) is 0.286. The predicted molar refractivity (Wildman–Crippen MR) is 87.7 cm³/mol. The molecule has 1 aromatic carbocycles. The lowest BCUT2D eigenvalue weighted by atomic mass is 10.1. The topological polar surface area (TPSA) is 72.9 Å². The van der Waals surface area contributed by atoms with Crippen LogP contribution < -0.4 is 11.1 Å². The van der Waals surface area contributed by atoms with E-state index < -0.39 is 6.04 Å². The van der Waals surface area contributed by atoms with Crippen LogP contribution in [0.4, 0.5) is 0 Å². The van der Waals surface area contributed by atoms with E-state index in [1.807, 2.05) is 48.1 Å². The fourth-order valence-corrected chi connectivity index (χ4v) is 1.82. The van der Waals surface area contributed by atoms with Gasteiger partial charge in [0.25, 0.3) is 0 Å². The Morgan fingerprint density at radius 1 is 1.33 bits per heavy atom. The van der Waals surface area contributed by atoms with Crippen LogP contribution in [0.15, 0.2) is 42.7 Å². The van der Waals surface area contributed by atoms with Gasteiger partial charge in [0.1, 0.15) is 5.82 Å². The molecule has 0 saturated carbocycles. The Morgan fingerprint density at radius 2 is 2.00 bits per heavy atom. The van der Waals surface area contributed by atoms with Crippen LogP contribution in [0.1, 0.15) is 11.4 Å². The van der Waals surface area contributed by atoms with Crippen LogP contribution in [0.25, 0.3) is 0 Å². The monoisotopic (exact) mass is 330 g/mol. The van der Waals surface area contributed by atoms with Crippen LogP contribution in [0.5, 0.6) is 0 Å². The normalized spacial score (nSPS) is 11.0. The number of hydrogen-bond acceptors (Lipinski definition) is 3. The molecule has 7 heteroatoms. The Hall–Kier alpha value is -1.56. The van der Waals surface area contributed by atoms with Crippen molar-refractivity contribution < 1.29 is 4.79 Å². The van der Waals surface area contributed by atoms with Crippen LogP contribution in [-0.4, -0.2) is 21.5 Å². The highest BCUT2D eigenvalue weighted by molar-refractivity contribution is 5.85. The molecule has 0 bridgehead atoms.